The van der Waals surface area contributed by atoms with Gasteiger partial charge in [-0.15, -0.1) is 0 Å². The van der Waals surface area contributed by atoms with Gasteiger partial charge in [0, 0.05) is 18.5 Å². The molecule has 112 valence electrons. The highest BCUT2D eigenvalue weighted by Crippen LogP contribution is 2.17. The quantitative estimate of drug-likeness (QED) is 0.802. The molecule has 0 aliphatic rings. The fourth-order valence-electron chi connectivity index (χ4n) is 2.19. The molecule has 3 N–H and O–H groups in total. The van der Waals surface area contributed by atoms with Gasteiger partial charge < -0.3 is 11.1 Å². The Labute approximate surface area is 122 Å². The van der Waals surface area contributed by atoms with Crippen LogP contribution < -0.4 is 11.1 Å². The van der Waals surface area contributed by atoms with Gasteiger partial charge in [-0.3, -0.25) is 4.79 Å². The highest BCUT2D eigenvalue weighted by Gasteiger charge is 2.13. The molecule has 0 spiro atoms. The number of rotatable bonds is 7. The van der Waals surface area contributed by atoms with Crippen LogP contribution in [0, 0.1) is 5.92 Å². The van der Waals surface area contributed by atoms with E-state index in [0.717, 1.165) is 18.4 Å². The van der Waals surface area contributed by atoms with Gasteiger partial charge in [0.15, 0.2) is 0 Å². The number of nitrogens with two attached hydrogens (primary N) is 1. The van der Waals surface area contributed by atoms with Crippen LogP contribution in [0.1, 0.15) is 63.6 Å². The minimum atomic E-state index is -0.144. The predicted octanol–water partition coefficient (Wildman–Crippen LogP) is 3.36. The minimum absolute atomic E-state index is 0.0653. The van der Waals surface area contributed by atoms with E-state index in [4.69, 9.17) is 5.73 Å². The van der Waals surface area contributed by atoms with Crippen molar-refractivity contribution < 1.29 is 4.79 Å². The SMILES string of the molecule is CCCC(C)C(=O)NCC(N)c1ccc(C(C)C)cc1. The fourth-order valence-corrected chi connectivity index (χ4v) is 2.19. The summed E-state index contributed by atoms with van der Waals surface area (Å²) in [6.07, 6.45) is 1.95. The third-order valence-electron chi connectivity index (χ3n) is 3.70. The van der Waals surface area contributed by atoms with Crippen LogP contribution in [0.25, 0.3) is 0 Å². The summed E-state index contributed by atoms with van der Waals surface area (Å²) in [5.41, 5.74) is 8.50. The third-order valence-corrected chi connectivity index (χ3v) is 3.70. The van der Waals surface area contributed by atoms with Gasteiger partial charge in [-0.1, -0.05) is 58.4 Å². The van der Waals surface area contributed by atoms with Gasteiger partial charge in [0.1, 0.15) is 0 Å². The van der Waals surface area contributed by atoms with Crippen LogP contribution in [-0.4, -0.2) is 12.5 Å². The maximum Gasteiger partial charge on any atom is 0.222 e. The highest BCUT2D eigenvalue weighted by molar-refractivity contribution is 5.78. The molecule has 0 bridgehead atoms. The Morgan fingerprint density at radius 1 is 1.15 bits per heavy atom. The summed E-state index contributed by atoms with van der Waals surface area (Å²) in [6.45, 7) is 8.88. The van der Waals surface area contributed by atoms with E-state index in [2.05, 4.69) is 50.4 Å². The van der Waals surface area contributed by atoms with Crippen LogP contribution in [0.4, 0.5) is 0 Å². The van der Waals surface area contributed by atoms with Gasteiger partial charge in [-0.05, 0) is 23.5 Å². The van der Waals surface area contributed by atoms with Crippen LogP contribution in [0.2, 0.25) is 0 Å². The van der Waals surface area contributed by atoms with Gasteiger partial charge in [-0.2, -0.15) is 0 Å². The van der Waals surface area contributed by atoms with E-state index in [0.29, 0.717) is 12.5 Å². The van der Waals surface area contributed by atoms with E-state index in [1.807, 2.05) is 6.92 Å². The number of carbonyl (C=O) groups excluding carboxylic acids is 1. The summed E-state index contributed by atoms with van der Waals surface area (Å²) < 4.78 is 0. The van der Waals surface area contributed by atoms with E-state index in [9.17, 15) is 4.79 Å². The zero-order chi connectivity index (χ0) is 15.1. The molecule has 0 saturated carbocycles. The van der Waals surface area contributed by atoms with Gasteiger partial charge in [0.2, 0.25) is 5.91 Å². The zero-order valence-corrected chi connectivity index (χ0v) is 13.1. The van der Waals surface area contributed by atoms with Crippen LogP contribution in [-0.2, 0) is 4.79 Å². The van der Waals surface area contributed by atoms with Crippen molar-refractivity contribution >= 4 is 5.91 Å². The lowest BCUT2D eigenvalue weighted by Crippen LogP contribution is -2.35. The van der Waals surface area contributed by atoms with Gasteiger partial charge in [0.05, 0.1) is 0 Å². The Kier molecular flexibility index (Phi) is 6.73. The first-order valence-electron chi connectivity index (χ1n) is 7.58. The van der Waals surface area contributed by atoms with E-state index in [1.54, 1.807) is 0 Å². The average Bonchev–Trinajstić information content (AvgIpc) is 2.44. The van der Waals surface area contributed by atoms with Crippen molar-refractivity contribution in [1.82, 2.24) is 5.32 Å². The average molecular weight is 276 g/mol. The van der Waals surface area contributed by atoms with Crippen molar-refractivity contribution in [2.24, 2.45) is 11.7 Å². The molecule has 1 aromatic rings. The molecule has 2 atom stereocenters. The van der Waals surface area contributed by atoms with E-state index >= 15 is 0 Å². The Hall–Kier alpha value is -1.35. The summed E-state index contributed by atoms with van der Waals surface area (Å²) >= 11 is 0. The molecule has 20 heavy (non-hydrogen) atoms. The molecule has 0 radical (unpaired) electrons. The summed E-state index contributed by atoms with van der Waals surface area (Å²) in [5, 5.41) is 2.94. The molecular weight excluding hydrogens is 248 g/mol. The largest absolute Gasteiger partial charge is 0.354 e. The van der Waals surface area contributed by atoms with Gasteiger partial charge in [0.25, 0.3) is 0 Å². The van der Waals surface area contributed by atoms with Crippen molar-refractivity contribution in [2.75, 3.05) is 6.54 Å². The predicted molar refractivity (Wildman–Crippen MR) is 84.5 cm³/mol. The van der Waals surface area contributed by atoms with Crippen molar-refractivity contribution in [2.45, 2.75) is 52.5 Å². The molecule has 1 aromatic carbocycles. The lowest BCUT2D eigenvalue weighted by atomic mass is 9.99. The second-order valence-corrected chi connectivity index (χ2v) is 5.86. The normalized spacial score (nSPS) is 14.1. The molecule has 3 nitrogen and oxygen atoms in total. The molecule has 0 fully saturated rings. The number of carbonyl (C=O) groups is 1. The molecule has 0 aliphatic heterocycles. The monoisotopic (exact) mass is 276 g/mol. The smallest absolute Gasteiger partial charge is 0.222 e. The van der Waals surface area contributed by atoms with E-state index in [1.165, 1.54) is 5.56 Å². The molecule has 3 heteroatoms. The maximum absolute atomic E-state index is 11.8. The van der Waals surface area contributed by atoms with Gasteiger partial charge in [-0.25, -0.2) is 0 Å². The minimum Gasteiger partial charge on any atom is -0.354 e. The Morgan fingerprint density at radius 2 is 1.70 bits per heavy atom. The number of hydrogen-bond acceptors (Lipinski definition) is 2. The Morgan fingerprint density at radius 3 is 2.20 bits per heavy atom. The van der Waals surface area contributed by atoms with Gasteiger partial charge >= 0.3 is 0 Å². The molecule has 2 unspecified atom stereocenters. The van der Waals surface area contributed by atoms with Crippen molar-refractivity contribution in [3.05, 3.63) is 35.4 Å². The molecule has 0 aromatic heterocycles. The fraction of sp³-hybridized carbons (Fsp3) is 0.588. The number of hydrogen-bond donors (Lipinski definition) is 2. The summed E-state index contributed by atoms with van der Waals surface area (Å²) in [4.78, 5) is 11.8. The second kappa shape index (κ2) is 8.05. The lowest BCUT2D eigenvalue weighted by Gasteiger charge is -2.16. The van der Waals surface area contributed by atoms with E-state index < -0.39 is 0 Å². The van der Waals surface area contributed by atoms with Crippen LogP contribution in [0.5, 0.6) is 0 Å². The van der Waals surface area contributed by atoms with Crippen molar-refractivity contribution in [1.29, 1.82) is 0 Å². The standard InChI is InChI=1S/C17H28N2O/c1-5-6-13(4)17(20)19-11-16(18)15-9-7-14(8-10-15)12(2)3/h7-10,12-13,16H,5-6,11,18H2,1-4H3,(H,19,20). The Bertz CT molecular complexity index is 412. The molecule has 0 saturated heterocycles. The van der Waals surface area contributed by atoms with Crippen LogP contribution in [0.3, 0.4) is 0 Å². The Balaban J connectivity index is 2.50. The van der Waals surface area contributed by atoms with Crippen LogP contribution in [0.15, 0.2) is 24.3 Å². The molecule has 1 rings (SSSR count). The first-order chi connectivity index (χ1) is 9.45. The third kappa shape index (κ3) is 4.97. The first-order valence-corrected chi connectivity index (χ1v) is 7.58. The second-order valence-electron chi connectivity index (χ2n) is 5.86. The summed E-state index contributed by atoms with van der Waals surface area (Å²) in [5.74, 6) is 0.687. The van der Waals surface area contributed by atoms with Crippen molar-refractivity contribution in [3.8, 4) is 0 Å². The molecule has 0 aliphatic carbocycles. The van der Waals surface area contributed by atoms with E-state index in [-0.39, 0.29) is 17.9 Å². The summed E-state index contributed by atoms with van der Waals surface area (Å²) in [6, 6.07) is 8.19. The zero-order valence-electron chi connectivity index (χ0n) is 13.1. The van der Waals surface area contributed by atoms with Crippen molar-refractivity contribution in [3.63, 3.8) is 0 Å². The molecule has 1 amide bonds. The number of nitrogens with one attached hydrogen (secondary N) is 1. The number of amides is 1. The topological polar surface area (TPSA) is 55.1 Å². The van der Waals surface area contributed by atoms with Crippen LogP contribution >= 0.6 is 0 Å². The molecule has 0 heterocycles. The maximum atomic E-state index is 11.8. The highest BCUT2D eigenvalue weighted by atomic mass is 16.1. The first kappa shape index (κ1) is 16.7. The number of benzene rings is 1. The molecular formula is C17H28N2O. The summed E-state index contributed by atoms with van der Waals surface area (Å²) in [7, 11) is 0. The lowest BCUT2D eigenvalue weighted by molar-refractivity contribution is -0.124.